The highest BCUT2D eigenvalue weighted by atomic mass is 32.1. The average Bonchev–Trinajstić information content (AvgIpc) is 3.51. The molecule has 3 aromatic rings. The van der Waals surface area contributed by atoms with Crippen molar-refractivity contribution in [2.24, 2.45) is 5.41 Å². The predicted octanol–water partition coefficient (Wildman–Crippen LogP) is 3.83. The number of hydrogen-bond donors (Lipinski definition) is 4. The van der Waals surface area contributed by atoms with Crippen LogP contribution in [0, 0.1) is 5.41 Å². The van der Waals surface area contributed by atoms with Crippen LogP contribution in [0.3, 0.4) is 0 Å². The van der Waals surface area contributed by atoms with Crippen LogP contribution in [0.15, 0.2) is 47.4 Å². The molecule has 2 aromatic carbocycles. The second-order valence-corrected chi connectivity index (χ2v) is 9.94. The summed E-state index contributed by atoms with van der Waals surface area (Å²) in [5.74, 6) is -1.19. The number of carboxylic acids is 1. The van der Waals surface area contributed by atoms with Crippen LogP contribution in [0.2, 0.25) is 0 Å². The molecule has 0 bridgehead atoms. The van der Waals surface area contributed by atoms with Gasteiger partial charge in [0.2, 0.25) is 5.91 Å². The van der Waals surface area contributed by atoms with E-state index >= 15 is 0 Å². The van der Waals surface area contributed by atoms with Gasteiger partial charge in [-0.25, -0.2) is 4.98 Å². The molecule has 0 atom stereocenters. The van der Waals surface area contributed by atoms with E-state index in [-0.39, 0.29) is 18.9 Å². The molecule has 1 fully saturated rings. The fraction of sp³-hybridized carbons (Fsp3) is 0.375. The van der Waals surface area contributed by atoms with E-state index in [9.17, 15) is 14.7 Å². The molecule has 0 radical (unpaired) electrons. The lowest BCUT2D eigenvalue weighted by molar-refractivity contribution is -0.145. The third kappa shape index (κ3) is 5.14. The average molecular weight is 470 g/mol. The Hall–Kier alpha value is -2.42. The van der Waals surface area contributed by atoms with Gasteiger partial charge in [-0.05, 0) is 62.0 Å². The number of thiazole rings is 1. The minimum Gasteiger partial charge on any atom is -0.481 e. The molecule has 1 aromatic heterocycles. The summed E-state index contributed by atoms with van der Waals surface area (Å²) in [5.41, 5.74) is 1.98. The van der Waals surface area contributed by atoms with E-state index in [2.05, 4.69) is 28.2 Å². The lowest BCUT2D eigenvalue weighted by Gasteiger charge is -2.25. The summed E-state index contributed by atoms with van der Waals surface area (Å²) in [5, 5.41) is 16.3. The van der Waals surface area contributed by atoms with Crippen molar-refractivity contribution in [1.29, 1.82) is 0 Å². The molecule has 0 unspecified atom stereocenters. The molecule has 2 aliphatic rings. The van der Waals surface area contributed by atoms with E-state index in [1.165, 1.54) is 37.3 Å². The first-order valence-electron chi connectivity index (χ1n) is 10.8. The van der Waals surface area contributed by atoms with Crippen molar-refractivity contribution in [2.45, 2.75) is 43.5 Å². The Balaban J connectivity index is 0.000000433. The molecule has 0 spiro atoms. The van der Waals surface area contributed by atoms with Gasteiger partial charge in [0.15, 0.2) is 0 Å². The standard InChI is InChI=1S/C20H18N2O3S2.C4H9N/c23-17(24)10-20(8-12-4-1-2-5-13(12)9-20)19(25)21-11-16-22-18-14(26)6-3-7-15(18)27-16;1-2-4-5-3-1/h1-7,26H,8-11H2,(H,21,25)(H,23,24);5H,1-4H2. The summed E-state index contributed by atoms with van der Waals surface area (Å²) in [4.78, 5) is 29.8. The maximum Gasteiger partial charge on any atom is 0.304 e. The number of nitrogens with one attached hydrogen (secondary N) is 2. The number of aliphatic carboxylic acids is 1. The smallest absolute Gasteiger partial charge is 0.304 e. The van der Waals surface area contributed by atoms with E-state index in [0.717, 1.165) is 31.2 Å². The number of fused-ring (bicyclic) bond motifs is 2. The van der Waals surface area contributed by atoms with E-state index in [0.29, 0.717) is 12.8 Å². The second kappa shape index (κ2) is 10.0. The van der Waals surface area contributed by atoms with Crippen LogP contribution in [0.5, 0.6) is 0 Å². The van der Waals surface area contributed by atoms with E-state index in [1.807, 2.05) is 42.5 Å². The van der Waals surface area contributed by atoms with Gasteiger partial charge in [0.25, 0.3) is 0 Å². The van der Waals surface area contributed by atoms with Crippen molar-refractivity contribution in [3.05, 3.63) is 58.6 Å². The number of rotatable bonds is 5. The van der Waals surface area contributed by atoms with Gasteiger partial charge in [-0.3, -0.25) is 9.59 Å². The summed E-state index contributed by atoms with van der Waals surface area (Å²) in [6.45, 7) is 2.78. The summed E-state index contributed by atoms with van der Waals surface area (Å²) in [6.07, 6.45) is 3.48. The molecule has 2 heterocycles. The fourth-order valence-electron chi connectivity index (χ4n) is 4.37. The molecule has 1 saturated heterocycles. The molecule has 0 saturated carbocycles. The van der Waals surface area contributed by atoms with Crippen LogP contribution in [0.1, 0.15) is 35.4 Å². The number of hydrogen-bond acceptors (Lipinski definition) is 6. The van der Waals surface area contributed by atoms with Crippen molar-refractivity contribution < 1.29 is 14.7 Å². The molecule has 32 heavy (non-hydrogen) atoms. The zero-order valence-corrected chi connectivity index (χ0v) is 19.5. The lowest BCUT2D eigenvalue weighted by Crippen LogP contribution is -2.43. The quantitative estimate of drug-likeness (QED) is 0.427. The Morgan fingerprint density at radius 3 is 2.34 bits per heavy atom. The molecule has 1 aliphatic carbocycles. The first-order chi connectivity index (χ1) is 15.5. The molecular weight excluding hydrogens is 442 g/mol. The monoisotopic (exact) mass is 469 g/mol. The minimum atomic E-state index is -0.961. The van der Waals surface area contributed by atoms with Crippen molar-refractivity contribution >= 4 is 46.1 Å². The van der Waals surface area contributed by atoms with E-state index in [1.54, 1.807) is 0 Å². The summed E-state index contributed by atoms with van der Waals surface area (Å²) < 4.78 is 1.01. The Labute approximate surface area is 196 Å². The van der Waals surface area contributed by atoms with Crippen LogP contribution >= 0.6 is 24.0 Å². The lowest BCUT2D eigenvalue weighted by atomic mass is 9.80. The molecule has 6 nitrogen and oxygen atoms in total. The number of thiol groups is 1. The molecule has 5 rings (SSSR count). The maximum atomic E-state index is 13.0. The Bertz CT molecular complexity index is 1090. The van der Waals surface area contributed by atoms with Gasteiger partial charge in [-0.15, -0.1) is 24.0 Å². The zero-order valence-electron chi connectivity index (χ0n) is 17.8. The van der Waals surface area contributed by atoms with Crippen molar-refractivity contribution in [2.75, 3.05) is 13.1 Å². The van der Waals surface area contributed by atoms with Gasteiger partial charge in [0.05, 0.1) is 28.6 Å². The number of carbonyl (C=O) groups is 2. The third-order valence-electron chi connectivity index (χ3n) is 5.95. The van der Waals surface area contributed by atoms with Crippen molar-refractivity contribution in [3.8, 4) is 0 Å². The minimum absolute atomic E-state index is 0.186. The largest absolute Gasteiger partial charge is 0.481 e. The van der Waals surface area contributed by atoms with Crippen molar-refractivity contribution in [3.63, 3.8) is 0 Å². The molecule has 3 N–H and O–H groups in total. The maximum absolute atomic E-state index is 13.0. The summed E-state index contributed by atoms with van der Waals surface area (Å²) in [6, 6.07) is 13.5. The van der Waals surface area contributed by atoms with Gasteiger partial charge in [-0.1, -0.05) is 30.3 Å². The Kier molecular flexibility index (Phi) is 7.13. The number of amides is 1. The second-order valence-electron chi connectivity index (χ2n) is 8.34. The SMILES string of the molecule is C1CCNC1.O=C(O)CC1(C(=O)NCc2nc3c(S)cccc3s2)Cc2ccccc2C1. The van der Waals surface area contributed by atoms with E-state index in [4.69, 9.17) is 0 Å². The molecule has 168 valence electrons. The topological polar surface area (TPSA) is 91.3 Å². The summed E-state index contributed by atoms with van der Waals surface area (Å²) in [7, 11) is 0. The highest BCUT2D eigenvalue weighted by Gasteiger charge is 2.45. The fourth-order valence-corrected chi connectivity index (χ4v) is 5.64. The van der Waals surface area contributed by atoms with Crippen LogP contribution in [-0.2, 0) is 29.0 Å². The van der Waals surface area contributed by atoms with Gasteiger partial charge in [0.1, 0.15) is 5.01 Å². The van der Waals surface area contributed by atoms with Crippen LogP contribution in [0.25, 0.3) is 10.2 Å². The Morgan fingerprint density at radius 2 is 1.78 bits per heavy atom. The summed E-state index contributed by atoms with van der Waals surface area (Å²) >= 11 is 5.92. The predicted molar refractivity (Wildman–Crippen MR) is 129 cm³/mol. The highest BCUT2D eigenvalue weighted by Crippen LogP contribution is 2.40. The number of carboxylic acid groups (broad SMARTS) is 1. The number of nitrogens with zero attached hydrogens (tertiary/aromatic N) is 1. The Morgan fingerprint density at radius 1 is 1.09 bits per heavy atom. The molecule has 1 aliphatic heterocycles. The van der Waals surface area contributed by atoms with Crippen LogP contribution in [0.4, 0.5) is 0 Å². The number of benzene rings is 2. The first kappa shape index (κ1) is 22.8. The van der Waals surface area contributed by atoms with Gasteiger partial charge in [-0.2, -0.15) is 0 Å². The molecule has 1 amide bonds. The van der Waals surface area contributed by atoms with Gasteiger partial charge >= 0.3 is 5.97 Å². The number of carbonyl (C=O) groups excluding carboxylic acids is 1. The third-order valence-corrected chi connectivity index (χ3v) is 7.33. The van der Waals surface area contributed by atoms with Crippen LogP contribution < -0.4 is 10.6 Å². The number of para-hydroxylation sites is 1. The van der Waals surface area contributed by atoms with Gasteiger partial charge in [0, 0.05) is 4.90 Å². The van der Waals surface area contributed by atoms with Gasteiger partial charge < -0.3 is 15.7 Å². The van der Waals surface area contributed by atoms with E-state index < -0.39 is 11.4 Å². The zero-order chi connectivity index (χ0) is 22.6. The normalized spacial score (nSPS) is 16.3. The highest BCUT2D eigenvalue weighted by molar-refractivity contribution is 7.80. The molecule has 8 heteroatoms. The molecular formula is C24H27N3O3S2. The van der Waals surface area contributed by atoms with Crippen molar-refractivity contribution in [1.82, 2.24) is 15.6 Å². The van der Waals surface area contributed by atoms with Crippen LogP contribution in [-0.4, -0.2) is 35.1 Å². The first-order valence-corrected chi connectivity index (χ1v) is 12.1. The number of aromatic nitrogens is 1.